The van der Waals surface area contributed by atoms with Gasteiger partial charge in [-0.3, -0.25) is 4.90 Å². The fourth-order valence-electron chi connectivity index (χ4n) is 2.04. The van der Waals surface area contributed by atoms with Crippen LogP contribution in [0.15, 0.2) is 0 Å². The van der Waals surface area contributed by atoms with Crippen LogP contribution in [0.5, 0.6) is 0 Å². The Balaban J connectivity index is 2.17. The smallest absolute Gasteiger partial charge is 0.164 e. The summed E-state index contributed by atoms with van der Waals surface area (Å²) in [6.07, 6.45) is 3.70. The van der Waals surface area contributed by atoms with Gasteiger partial charge in [-0.25, -0.2) is 4.39 Å². The fraction of sp³-hybridized carbons (Fsp3) is 1.00. The summed E-state index contributed by atoms with van der Waals surface area (Å²) in [5.74, 6) is -0.861. The van der Waals surface area contributed by atoms with Gasteiger partial charge < -0.3 is 0 Å². The van der Waals surface area contributed by atoms with Crippen molar-refractivity contribution in [2.75, 3.05) is 13.1 Å². The predicted octanol–water partition coefficient (Wildman–Crippen LogP) is 1.54. The number of alkyl halides is 1. The van der Waals surface area contributed by atoms with Crippen LogP contribution in [0.3, 0.4) is 0 Å². The van der Waals surface area contributed by atoms with E-state index in [0.717, 1.165) is 38.8 Å². The van der Waals surface area contributed by atoms with Crippen LogP contribution in [0.4, 0.5) is 4.39 Å². The van der Waals surface area contributed by atoms with Crippen LogP contribution in [0.2, 0.25) is 0 Å². The second-order valence-corrected chi connectivity index (χ2v) is 3.11. The number of fused-ring (bicyclic) bond motifs is 1. The lowest BCUT2D eigenvalue weighted by Crippen LogP contribution is -2.32. The topological polar surface area (TPSA) is 3.24 Å². The zero-order valence-electron chi connectivity index (χ0n) is 5.57. The van der Waals surface area contributed by atoms with Crippen molar-refractivity contribution in [3.8, 4) is 0 Å². The first-order valence-electron chi connectivity index (χ1n) is 3.75. The zero-order chi connectivity index (χ0) is 6.32. The summed E-state index contributed by atoms with van der Waals surface area (Å²) in [7, 11) is 0. The van der Waals surface area contributed by atoms with E-state index in [-0.39, 0.29) is 0 Å². The minimum Gasteiger partial charge on any atom is -0.271 e. The number of hydrogen-bond acceptors (Lipinski definition) is 1. The van der Waals surface area contributed by atoms with Gasteiger partial charge in [0.25, 0.3) is 0 Å². The Morgan fingerprint density at radius 3 is 2.11 bits per heavy atom. The summed E-state index contributed by atoms with van der Waals surface area (Å²) < 4.78 is 13.4. The molecule has 0 aliphatic carbocycles. The Hall–Kier alpha value is -0.110. The van der Waals surface area contributed by atoms with Crippen LogP contribution in [0, 0.1) is 0 Å². The molecule has 0 aromatic heterocycles. The van der Waals surface area contributed by atoms with E-state index in [1.54, 1.807) is 0 Å². The van der Waals surface area contributed by atoms with E-state index in [9.17, 15) is 4.39 Å². The highest BCUT2D eigenvalue weighted by atomic mass is 19.1. The summed E-state index contributed by atoms with van der Waals surface area (Å²) in [5.41, 5.74) is 0. The first-order chi connectivity index (χ1) is 4.31. The third-order valence-corrected chi connectivity index (χ3v) is 2.54. The maximum absolute atomic E-state index is 13.4. The Kier molecular flexibility index (Phi) is 1.06. The molecule has 9 heavy (non-hydrogen) atoms. The van der Waals surface area contributed by atoms with Gasteiger partial charge >= 0.3 is 0 Å². The van der Waals surface area contributed by atoms with Crippen molar-refractivity contribution in [2.45, 2.75) is 31.5 Å². The normalized spacial score (nSPS) is 33.0. The Bertz CT molecular complexity index is 114. The third-order valence-electron chi connectivity index (χ3n) is 2.54. The maximum Gasteiger partial charge on any atom is 0.164 e. The lowest BCUT2D eigenvalue weighted by molar-refractivity contribution is 0.0401. The molecule has 2 heteroatoms. The lowest BCUT2D eigenvalue weighted by Gasteiger charge is -2.21. The molecule has 0 saturated carbocycles. The summed E-state index contributed by atoms with van der Waals surface area (Å²) >= 11 is 0. The molecule has 1 nitrogen and oxygen atoms in total. The first kappa shape index (κ1) is 5.66. The largest absolute Gasteiger partial charge is 0.271 e. The fourth-order valence-corrected chi connectivity index (χ4v) is 2.04. The van der Waals surface area contributed by atoms with Crippen molar-refractivity contribution in [2.24, 2.45) is 0 Å². The van der Waals surface area contributed by atoms with Crippen LogP contribution in [0.25, 0.3) is 0 Å². The molecule has 52 valence electrons. The molecule has 0 spiro atoms. The summed E-state index contributed by atoms with van der Waals surface area (Å²) in [6.45, 7) is 1.99. The van der Waals surface area contributed by atoms with E-state index in [2.05, 4.69) is 0 Å². The average Bonchev–Trinajstić information content (AvgIpc) is 2.22. The molecule has 2 aliphatic rings. The Labute approximate surface area is 54.8 Å². The van der Waals surface area contributed by atoms with Gasteiger partial charge in [0.1, 0.15) is 0 Å². The second-order valence-electron chi connectivity index (χ2n) is 3.11. The standard InChI is InChI=1S/C7H12FN/c8-7-3-1-5-9(7)6-2-4-7/h1-6H2. The van der Waals surface area contributed by atoms with Gasteiger partial charge in [0, 0.05) is 13.1 Å². The first-order valence-corrected chi connectivity index (χ1v) is 3.75. The van der Waals surface area contributed by atoms with Crippen LogP contribution >= 0.6 is 0 Å². The van der Waals surface area contributed by atoms with Crippen molar-refractivity contribution in [3.05, 3.63) is 0 Å². The van der Waals surface area contributed by atoms with E-state index < -0.39 is 5.79 Å². The van der Waals surface area contributed by atoms with Gasteiger partial charge in [-0.2, -0.15) is 0 Å². The van der Waals surface area contributed by atoms with E-state index in [1.165, 1.54) is 0 Å². The molecule has 0 bridgehead atoms. The van der Waals surface area contributed by atoms with E-state index >= 15 is 0 Å². The lowest BCUT2D eigenvalue weighted by atomic mass is 10.1. The van der Waals surface area contributed by atoms with Crippen molar-refractivity contribution in [3.63, 3.8) is 0 Å². The molecule has 2 rings (SSSR count). The minimum absolute atomic E-state index is 0.785. The summed E-state index contributed by atoms with van der Waals surface area (Å²) in [6, 6.07) is 0. The van der Waals surface area contributed by atoms with Crippen molar-refractivity contribution in [1.82, 2.24) is 4.90 Å². The molecular weight excluding hydrogens is 117 g/mol. The molecule has 0 N–H and O–H groups in total. The molecular formula is C7H12FN. The van der Waals surface area contributed by atoms with Gasteiger partial charge in [-0.15, -0.1) is 0 Å². The van der Waals surface area contributed by atoms with Crippen molar-refractivity contribution < 1.29 is 4.39 Å². The van der Waals surface area contributed by atoms with Crippen LogP contribution in [0.1, 0.15) is 25.7 Å². The second kappa shape index (κ2) is 1.69. The van der Waals surface area contributed by atoms with Crippen molar-refractivity contribution in [1.29, 1.82) is 0 Å². The molecule has 0 unspecified atom stereocenters. The van der Waals surface area contributed by atoms with E-state index in [0.29, 0.717) is 0 Å². The van der Waals surface area contributed by atoms with Gasteiger partial charge in [0.05, 0.1) is 0 Å². The quantitative estimate of drug-likeness (QED) is 0.448. The number of nitrogens with zero attached hydrogens (tertiary/aromatic N) is 1. The maximum atomic E-state index is 13.4. The number of rotatable bonds is 0. The highest BCUT2D eigenvalue weighted by molar-refractivity contribution is 4.91. The summed E-state index contributed by atoms with van der Waals surface area (Å²) in [4.78, 5) is 1.99. The summed E-state index contributed by atoms with van der Waals surface area (Å²) in [5, 5.41) is 0. The van der Waals surface area contributed by atoms with Crippen molar-refractivity contribution >= 4 is 0 Å². The molecule has 0 atom stereocenters. The molecule has 2 heterocycles. The van der Waals surface area contributed by atoms with Crippen LogP contribution in [-0.2, 0) is 0 Å². The molecule has 0 amide bonds. The molecule has 2 saturated heterocycles. The highest BCUT2D eigenvalue weighted by Crippen LogP contribution is 2.39. The van der Waals surface area contributed by atoms with Gasteiger partial charge in [-0.05, 0) is 25.7 Å². The zero-order valence-corrected chi connectivity index (χ0v) is 5.57. The third kappa shape index (κ3) is 0.692. The molecule has 0 aromatic rings. The minimum atomic E-state index is -0.861. The monoisotopic (exact) mass is 129 g/mol. The molecule has 2 aliphatic heterocycles. The van der Waals surface area contributed by atoms with E-state index in [1.807, 2.05) is 4.90 Å². The number of halogens is 1. The molecule has 0 aromatic carbocycles. The average molecular weight is 129 g/mol. The SMILES string of the molecule is FC12CCCN1CCC2. The van der Waals surface area contributed by atoms with Crippen LogP contribution in [-0.4, -0.2) is 23.8 Å². The molecule has 0 radical (unpaired) electrons. The van der Waals surface area contributed by atoms with Crippen LogP contribution < -0.4 is 0 Å². The van der Waals surface area contributed by atoms with E-state index in [4.69, 9.17) is 0 Å². The molecule has 2 fully saturated rings. The highest BCUT2D eigenvalue weighted by Gasteiger charge is 2.44. The Morgan fingerprint density at radius 2 is 1.67 bits per heavy atom. The van der Waals surface area contributed by atoms with Gasteiger partial charge in [0.2, 0.25) is 0 Å². The van der Waals surface area contributed by atoms with Gasteiger partial charge in [-0.1, -0.05) is 0 Å². The Morgan fingerprint density at radius 1 is 1.11 bits per heavy atom. The number of hydrogen-bond donors (Lipinski definition) is 0. The van der Waals surface area contributed by atoms with Gasteiger partial charge in [0.15, 0.2) is 5.79 Å². The predicted molar refractivity (Wildman–Crippen MR) is 33.9 cm³/mol.